The number of hydrogen-bond acceptors (Lipinski definition) is 4. The zero-order valence-electron chi connectivity index (χ0n) is 17.3. The van der Waals surface area contributed by atoms with Gasteiger partial charge >= 0.3 is 0 Å². The van der Waals surface area contributed by atoms with Crippen LogP contribution in [0.1, 0.15) is 31.9 Å². The number of nitrogens with one attached hydrogen (secondary N) is 1. The van der Waals surface area contributed by atoms with E-state index in [-0.39, 0.29) is 18.3 Å². The topological polar surface area (TPSA) is 83.5 Å². The molecule has 0 aromatic heterocycles. The molecule has 5 nitrogen and oxygen atoms in total. The summed E-state index contributed by atoms with van der Waals surface area (Å²) in [5, 5.41) is 12.6. The Morgan fingerprint density at radius 2 is 1.41 bits per heavy atom. The summed E-state index contributed by atoms with van der Waals surface area (Å²) in [6, 6.07) is 18.5. The van der Waals surface area contributed by atoms with Crippen molar-refractivity contribution >= 4 is 15.7 Å². The van der Waals surface area contributed by atoms with E-state index in [0.29, 0.717) is 12.8 Å². The Hall–Kier alpha value is -2.18. The highest BCUT2D eigenvalue weighted by atomic mass is 32.2. The molecule has 6 heteroatoms. The molecule has 0 saturated heterocycles. The molecule has 0 aliphatic carbocycles. The van der Waals surface area contributed by atoms with Crippen molar-refractivity contribution < 1.29 is 18.3 Å². The molecule has 0 saturated carbocycles. The van der Waals surface area contributed by atoms with Crippen LogP contribution in [0, 0.1) is 5.92 Å². The standard InChI is InChI=1S/C23H31NO4S/c1-23(2,3)29(27,28)17-20(14-18-10-6-4-7-11-18)22(26)24-21(16-25)15-19-12-8-5-9-13-19/h4-13,20-21,25H,14-17H2,1-3H3,(H,24,26)/t20-,21+/m1/s1. The van der Waals surface area contributed by atoms with Crippen molar-refractivity contribution in [2.24, 2.45) is 5.92 Å². The molecular weight excluding hydrogens is 386 g/mol. The molecule has 0 unspecified atom stereocenters. The van der Waals surface area contributed by atoms with E-state index in [2.05, 4.69) is 5.32 Å². The molecule has 0 aliphatic heterocycles. The van der Waals surface area contributed by atoms with Crippen molar-refractivity contribution in [2.45, 2.75) is 44.4 Å². The Labute approximate surface area is 174 Å². The highest BCUT2D eigenvalue weighted by molar-refractivity contribution is 7.92. The Bertz CT molecular complexity index is 874. The normalized spacial score (nSPS) is 14.2. The second-order valence-corrected chi connectivity index (χ2v) is 11.1. The largest absolute Gasteiger partial charge is 0.394 e. The van der Waals surface area contributed by atoms with E-state index in [1.165, 1.54) is 0 Å². The van der Waals surface area contributed by atoms with Gasteiger partial charge in [0.25, 0.3) is 0 Å². The number of amides is 1. The lowest BCUT2D eigenvalue weighted by Crippen LogP contribution is -2.46. The molecule has 0 fully saturated rings. The van der Waals surface area contributed by atoms with Crippen molar-refractivity contribution in [1.82, 2.24) is 5.32 Å². The molecular formula is C23H31NO4S. The van der Waals surface area contributed by atoms with Crippen LogP contribution >= 0.6 is 0 Å². The van der Waals surface area contributed by atoms with Gasteiger partial charge in [0.2, 0.25) is 5.91 Å². The lowest BCUT2D eigenvalue weighted by molar-refractivity contribution is -0.125. The molecule has 1 amide bonds. The first-order valence-electron chi connectivity index (χ1n) is 9.84. The molecule has 158 valence electrons. The smallest absolute Gasteiger partial charge is 0.224 e. The molecule has 2 rings (SSSR count). The summed E-state index contributed by atoms with van der Waals surface area (Å²) in [7, 11) is -3.49. The number of carbonyl (C=O) groups is 1. The highest BCUT2D eigenvalue weighted by Gasteiger charge is 2.35. The maximum atomic E-state index is 13.0. The van der Waals surface area contributed by atoms with Crippen LogP contribution in [0.5, 0.6) is 0 Å². The average molecular weight is 418 g/mol. The van der Waals surface area contributed by atoms with Crippen molar-refractivity contribution in [3.63, 3.8) is 0 Å². The number of rotatable bonds is 9. The molecule has 0 heterocycles. The van der Waals surface area contributed by atoms with Crippen molar-refractivity contribution in [2.75, 3.05) is 12.4 Å². The third-order valence-electron chi connectivity index (χ3n) is 4.94. The van der Waals surface area contributed by atoms with Crippen molar-refractivity contribution in [1.29, 1.82) is 0 Å². The summed E-state index contributed by atoms with van der Waals surface area (Å²) in [6.45, 7) is 4.72. The quantitative estimate of drug-likeness (QED) is 0.657. The van der Waals surface area contributed by atoms with E-state index < -0.39 is 26.5 Å². The molecule has 0 spiro atoms. The van der Waals surface area contributed by atoms with E-state index in [0.717, 1.165) is 11.1 Å². The summed E-state index contributed by atoms with van der Waals surface area (Å²) in [5.74, 6) is -1.32. The van der Waals surface area contributed by atoms with Crippen molar-refractivity contribution in [3.05, 3.63) is 71.8 Å². The van der Waals surface area contributed by atoms with E-state index in [1.807, 2.05) is 60.7 Å². The van der Waals surface area contributed by atoms with Crippen molar-refractivity contribution in [3.8, 4) is 0 Å². The van der Waals surface area contributed by atoms with Gasteiger partial charge < -0.3 is 10.4 Å². The SMILES string of the molecule is CC(C)(C)S(=O)(=O)C[C@@H](Cc1ccccc1)C(=O)N[C@H](CO)Cc1ccccc1. The third-order valence-corrected chi connectivity index (χ3v) is 7.65. The molecule has 0 aliphatic rings. The monoisotopic (exact) mass is 417 g/mol. The predicted octanol–water partition coefficient (Wildman–Crippen LogP) is 2.78. The van der Waals surface area contributed by atoms with Crippen LogP contribution in [0.2, 0.25) is 0 Å². The van der Waals surface area contributed by atoms with Gasteiger partial charge in [-0.2, -0.15) is 0 Å². The molecule has 2 N–H and O–H groups in total. The second kappa shape index (κ2) is 10.0. The van der Waals surface area contributed by atoms with Gasteiger partial charge in [-0.25, -0.2) is 8.42 Å². The fourth-order valence-corrected chi connectivity index (χ4v) is 4.32. The lowest BCUT2D eigenvalue weighted by Gasteiger charge is -2.25. The molecule has 0 bridgehead atoms. The minimum Gasteiger partial charge on any atom is -0.394 e. The maximum absolute atomic E-state index is 13.0. The van der Waals surface area contributed by atoms with Gasteiger partial charge in [0.15, 0.2) is 9.84 Å². The molecule has 0 radical (unpaired) electrons. The summed E-state index contributed by atoms with van der Waals surface area (Å²) >= 11 is 0. The number of aliphatic hydroxyl groups excluding tert-OH is 1. The summed E-state index contributed by atoms with van der Waals surface area (Å²) < 4.78 is 24.6. The Balaban J connectivity index is 2.18. The first-order valence-corrected chi connectivity index (χ1v) is 11.5. The number of sulfone groups is 1. The first-order chi connectivity index (χ1) is 13.6. The fourth-order valence-electron chi connectivity index (χ4n) is 3.02. The van der Waals surface area contributed by atoms with Crippen LogP contribution in [-0.4, -0.2) is 42.6 Å². The Morgan fingerprint density at radius 3 is 1.86 bits per heavy atom. The maximum Gasteiger partial charge on any atom is 0.224 e. The van der Waals surface area contributed by atoms with Crippen LogP contribution in [0.3, 0.4) is 0 Å². The highest BCUT2D eigenvalue weighted by Crippen LogP contribution is 2.21. The molecule has 2 aromatic carbocycles. The summed E-state index contributed by atoms with van der Waals surface area (Å²) in [6.07, 6.45) is 0.804. The zero-order chi connectivity index (χ0) is 21.5. The van der Waals surface area contributed by atoms with Gasteiger partial charge in [0.1, 0.15) is 0 Å². The molecule has 29 heavy (non-hydrogen) atoms. The van der Waals surface area contributed by atoms with E-state index in [9.17, 15) is 18.3 Å². The van der Waals surface area contributed by atoms with Crippen LogP contribution in [0.4, 0.5) is 0 Å². The predicted molar refractivity (Wildman–Crippen MR) is 116 cm³/mol. The van der Waals surface area contributed by atoms with E-state index in [1.54, 1.807) is 20.8 Å². The van der Waals surface area contributed by atoms with Gasteiger partial charge in [0.05, 0.1) is 29.1 Å². The Kier molecular flexibility index (Phi) is 7.99. The molecule has 2 aromatic rings. The minimum atomic E-state index is -3.49. The number of aliphatic hydroxyl groups is 1. The zero-order valence-corrected chi connectivity index (χ0v) is 18.2. The van der Waals surface area contributed by atoms with Gasteiger partial charge in [-0.15, -0.1) is 0 Å². The first kappa shape index (κ1) is 23.1. The third kappa shape index (κ3) is 6.98. The summed E-state index contributed by atoms with van der Waals surface area (Å²) in [4.78, 5) is 13.0. The molecule has 2 atom stereocenters. The van der Waals surface area contributed by atoms with E-state index >= 15 is 0 Å². The Morgan fingerprint density at radius 1 is 0.931 bits per heavy atom. The van der Waals surface area contributed by atoms with Gasteiger partial charge in [-0.05, 0) is 44.7 Å². The number of carbonyl (C=O) groups excluding carboxylic acids is 1. The van der Waals surface area contributed by atoms with Crippen LogP contribution < -0.4 is 5.32 Å². The van der Waals surface area contributed by atoms with Gasteiger partial charge in [-0.1, -0.05) is 60.7 Å². The van der Waals surface area contributed by atoms with Crippen LogP contribution in [0.15, 0.2) is 60.7 Å². The lowest BCUT2D eigenvalue weighted by atomic mass is 9.99. The summed E-state index contributed by atoms with van der Waals surface area (Å²) in [5.41, 5.74) is 1.90. The van der Waals surface area contributed by atoms with Gasteiger partial charge in [-0.3, -0.25) is 4.79 Å². The fraction of sp³-hybridized carbons (Fsp3) is 0.435. The minimum absolute atomic E-state index is 0.218. The second-order valence-electron chi connectivity index (χ2n) is 8.36. The number of hydrogen-bond donors (Lipinski definition) is 2. The van der Waals surface area contributed by atoms with Crippen LogP contribution in [-0.2, 0) is 27.5 Å². The average Bonchev–Trinajstić information content (AvgIpc) is 2.67. The number of benzene rings is 2. The van der Waals surface area contributed by atoms with Gasteiger partial charge in [0, 0.05) is 0 Å². The van der Waals surface area contributed by atoms with Crippen LogP contribution in [0.25, 0.3) is 0 Å². The van der Waals surface area contributed by atoms with E-state index in [4.69, 9.17) is 0 Å².